The Morgan fingerprint density at radius 2 is 2.35 bits per heavy atom. The zero-order valence-electron chi connectivity index (χ0n) is 9.86. The maximum absolute atomic E-state index is 11.4. The second-order valence-electron chi connectivity index (χ2n) is 3.53. The maximum Gasteiger partial charge on any atom is 0.328 e. The van der Waals surface area contributed by atoms with Gasteiger partial charge in [-0.15, -0.1) is 0 Å². The van der Waals surface area contributed by atoms with Crippen LogP contribution >= 0.6 is 0 Å². The van der Waals surface area contributed by atoms with Crippen LogP contribution in [0.15, 0.2) is 18.2 Å². The van der Waals surface area contributed by atoms with Crippen molar-refractivity contribution < 1.29 is 9.53 Å². The highest BCUT2D eigenvalue weighted by atomic mass is 16.5. The molecule has 0 amide bonds. The average molecular weight is 233 g/mol. The molecule has 0 fully saturated rings. The Hall–Kier alpha value is -2.22. The van der Waals surface area contributed by atoms with Crippen molar-refractivity contribution >= 4 is 17.3 Å². The number of esters is 1. The van der Waals surface area contributed by atoms with Crippen molar-refractivity contribution in [3.05, 3.63) is 23.8 Å². The van der Waals surface area contributed by atoms with Gasteiger partial charge in [-0.1, -0.05) is 0 Å². The fraction of sp³-hybridized carbons (Fsp3) is 0.333. The normalized spacial score (nSPS) is 11.4. The number of nitrogens with zero attached hydrogens (tertiary/aromatic N) is 1. The molecule has 5 heteroatoms. The van der Waals surface area contributed by atoms with E-state index in [1.807, 2.05) is 6.07 Å². The molecule has 1 aromatic carbocycles. The summed E-state index contributed by atoms with van der Waals surface area (Å²) >= 11 is 0. The van der Waals surface area contributed by atoms with Crippen molar-refractivity contribution in [2.24, 2.45) is 0 Å². The molecule has 0 aliphatic carbocycles. The molecule has 1 aromatic rings. The molecule has 1 atom stereocenters. The first kappa shape index (κ1) is 12.8. The summed E-state index contributed by atoms with van der Waals surface area (Å²) in [7, 11) is 0. The lowest BCUT2D eigenvalue weighted by molar-refractivity contribution is -0.143. The monoisotopic (exact) mass is 233 g/mol. The highest BCUT2D eigenvalue weighted by Crippen LogP contribution is 2.20. The zero-order chi connectivity index (χ0) is 12.8. The maximum atomic E-state index is 11.4. The predicted octanol–water partition coefficient (Wildman–Crippen LogP) is 1.50. The van der Waals surface area contributed by atoms with E-state index in [0.29, 0.717) is 23.5 Å². The number of rotatable bonds is 4. The van der Waals surface area contributed by atoms with Crippen LogP contribution < -0.4 is 11.1 Å². The number of ether oxygens (including phenoxy) is 1. The van der Waals surface area contributed by atoms with Crippen LogP contribution in [0.25, 0.3) is 0 Å². The summed E-state index contributed by atoms with van der Waals surface area (Å²) in [5, 5.41) is 11.6. The number of benzene rings is 1. The number of nitriles is 1. The van der Waals surface area contributed by atoms with Gasteiger partial charge < -0.3 is 15.8 Å². The highest BCUT2D eigenvalue weighted by Gasteiger charge is 2.14. The quantitative estimate of drug-likeness (QED) is 0.607. The lowest BCUT2D eigenvalue weighted by Gasteiger charge is -2.15. The van der Waals surface area contributed by atoms with Gasteiger partial charge in [-0.2, -0.15) is 5.26 Å². The second kappa shape index (κ2) is 5.75. The van der Waals surface area contributed by atoms with Crippen molar-refractivity contribution in [2.45, 2.75) is 19.9 Å². The van der Waals surface area contributed by atoms with Crippen molar-refractivity contribution in [3.8, 4) is 6.07 Å². The first-order valence-electron chi connectivity index (χ1n) is 5.31. The molecule has 0 heterocycles. The van der Waals surface area contributed by atoms with Crippen molar-refractivity contribution in [1.29, 1.82) is 5.26 Å². The molecule has 1 rings (SSSR count). The summed E-state index contributed by atoms with van der Waals surface area (Å²) in [6.45, 7) is 3.78. The van der Waals surface area contributed by atoms with Gasteiger partial charge in [-0.25, -0.2) is 4.79 Å². The molecule has 3 N–H and O–H groups in total. The minimum Gasteiger partial charge on any atom is -0.464 e. The molecule has 0 bridgehead atoms. The van der Waals surface area contributed by atoms with Crippen molar-refractivity contribution in [2.75, 3.05) is 17.7 Å². The number of carbonyl (C=O) groups excluding carboxylic acids is 1. The van der Waals surface area contributed by atoms with Crippen LogP contribution in [-0.4, -0.2) is 18.6 Å². The number of anilines is 2. The van der Waals surface area contributed by atoms with E-state index < -0.39 is 6.04 Å². The Balaban J connectivity index is 2.75. The van der Waals surface area contributed by atoms with Gasteiger partial charge in [0.1, 0.15) is 6.04 Å². The number of carbonyl (C=O) groups is 1. The van der Waals surface area contributed by atoms with Gasteiger partial charge in [-0.05, 0) is 32.0 Å². The van der Waals surface area contributed by atoms with E-state index in [0.717, 1.165) is 0 Å². The van der Waals surface area contributed by atoms with E-state index in [4.69, 9.17) is 15.7 Å². The number of nitrogens with one attached hydrogen (secondary N) is 1. The van der Waals surface area contributed by atoms with Crippen LogP contribution in [0, 0.1) is 11.3 Å². The highest BCUT2D eigenvalue weighted by molar-refractivity contribution is 5.81. The van der Waals surface area contributed by atoms with E-state index in [1.165, 1.54) is 0 Å². The first-order valence-corrected chi connectivity index (χ1v) is 5.31. The number of hydrogen-bond donors (Lipinski definition) is 2. The average Bonchev–Trinajstić information content (AvgIpc) is 2.31. The summed E-state index contributed by atoms with van der Waals surface area (Å²) in [4.78, 5) is 11.4. The third kappa shape index (κ3) is 3.38. The third-order valence-corrected chi connectivity index (χ3v) is 2.19. The Morgan fingerprint density at radius 3 is 2.88 bits per heavy atom. The Morgan fingerprint density at radius 1 is 1.65 bits per heavy atom. The fourth-order valence-electron chi connectivity index (χ4n) is 1.32. The Kier molecular flexibility index (Phi) is 4.35. The SMILES string of the molecule is CCOC(=O)C(C)Nc1ccc(C#N)cc1N. The van der Waals surface area contributed by atoms with Crippen LogP contribution in [-0.2, 0) is 9.53 Å². The van der Waals surface area contributed by atoms with Crippen LogP contribution in [0.1, 0.15) is 19.4 Å². The van der Waals surface area contributed by atoms with Gasteiger partial charge >= 0.3 is 5.97 Å². The summed E-state index contributed by atoms with van der Waals surface area (Å²) < 4.78 is 4.87. The van der Waals surface area contributed by atoms with E-state index in [1.54, 1.807) is 32.0 Å². The number of hydrogen-bond acceptors (Lipinski definition) is 5. The molecule has 0 saturated carbocycles. The second-order valence-corrected chi connectivity index (χ2v) is 3.53. The van der Waals surface area contributed by atoms with Gasteiger partial charge in [0, 0.05) is 0 Å². The first-order chi connectivity index (χ1) is 8.08. The van der Waals surface area contributed by atoms with Crippen LogP contribution in [0.3, 0.4) is 0 Å². The number of nitrogens with two attached hydrogens (primary N) is 1. The van der Waals surface area contributed by atoms with E-state index in [-0.39, 0.29) is 5.97 Å². The molecular formula is C12H15N3O2. The van der Waals surface area contributed by atoms with Gasteiger partial charge in [-0.3, -0.25) is 0 Å². The molecule has 0 saturated heterocycles. The van der Waals surface area contributed by atoms with E-state index >= 15 is 0 Å². The van der Waals surface area contributed by atoms with Gasteiger partial charge in [0.15, 0.2) is 0 Å². The van der Waals surface area contributed by atoms with Gasteiger partial charge in [0.25, 0.3) is 0 Å². The minimum absolute atomic E-state index is 0.337. The van der Waals surface area contributed by atoms with Crippen LogP contribution in [0.4, 0.5) is 11.4 Å². The van der Waals surface area contributed by atoms with Crippen molar-refractivity contribution in [1.82, 2.24) is 0 Å². The van der Waals surface area contributed by atoms with E-state index in [9.17, 15) is 4.79 Å². The smallest absolute Gasteiger partial charge is 0.328 e. The molecular weight excluding hydrogens is 218 g/mol. The van der Waals surface area contributed by atoms with Crippen LogP contribution in [0.2, 0.25) is 0 Å². The Bertz CT molecular complexity index is 452. The predicted molar refractivity (Wildman–Crippen MR) is 65.3 cm³/mol. The topological polar surface area (TPSA) is 88.1 Å². The summed E-state index contributed by atoms with van der Waals surface area (Å²) in [6, 6.07) is 6.37. The number of nitrogen functional groups attached to an aromatic ring is 1. The zero-order valence-corrected chi connectivity index (χ0v) is 9.86. The Labute approximate surface area is 100 Å². The molecule has 0 aromatic heterocycles. The standard InChI is InChI=1S/C12H15N3O2/c1-3-17-12(16)8(2)15-11-5-4-9(7-13)6-10(11)14/h4-6,8,15H,3,14H2,1-2H3. The summed E-state index contributed by atoms with van der Waals surface area (Å²) in [6.07, 6.45) is 0. The lowest BCUT2D eigenvalue weighted by Crippen LogP contribution is -2.28. The van der Waals surface area contributed by atoms with Crippen LogP contribution in [0.5, 0.6) is 0 Å². The lowest BCUT2D eigenvalue weighted by atomic mass is 10.2. The molecule has 17 heavy (non-hydrogen) atoms. The summed E-state index contributed by atoms with van der Waals surface area (Å²) in [5.74, 6) is -0.337. The molecule has 0 radical (unpaired) electrons. The fourth-order valence-corrected chi connectivity index (χ4v) is 1.32. The van der Waals surface area contributed by atoms with E-state index in [2.05, 4.69) is 5.32 Å². The molecule has 1 unspecified atom stereocenters. The molecule has 90 valence electrons. The third-order valence-electron chi connectivity index (χ3n) is 2.19. The minimum atomic E-state index is -0.481. The van der Waals surface area contributed by atoms with Crippen molar-refractivity contribution in [3.63, 3.8) is 0 Å². The molecule has 0 aliphatic rings. The van der Waals surface area contributed by atoms with Gasteiger partial charge in [0.2, 0.25) is 0 Å². The molecule has 0 spiro atoms. The molecule has 5 nitrogen and oxygen atoms in total. The summed E-state index contributed by atoms with van der Waals surface area (Å²) in [5.41, 5.74) is 7.28. The van der Waals surface area contributed by atoms with Gasteiger partial charge in [0.05, 0.1) is 29.6 Å². The molecule has 0 aliphatic heterocycles. The largest absolute Gasteiger partial charge is 0.464 e.